The van der Waals surface area contributed by atoms with Crippen molar-refractivity contribution < 1.29 is 14.3 Å². The number of carbonyl (C=O) groups is 1. The highest BCUT2D eigenvalue weighted by Crippen LogP contribution is 2.03. The Morgan fingerprint density at radius 1 is 1.56 bits per heavy atom. The van der Waals surface area contributed by atoms with Gasteiger partial charge in [-0.25, -0.2) is 4.98 Å². The zero-order valence-corrected chi connectivity index (χ0v) is 10.8. The number of hydrogen-bond donors (Lipinski definition) is 1. The second-order valence-electron chi connectivity index (χ2n) is 4.42. The fourth-order valence-corrected chi connectivity index (χ4v) is 1.80. The molecule has 1 fully saturated rings. The molecular formula is C12H19N3O3. The van der Waals surface area contributed by atoms with Crippen molar-refractivity contribution in [3.63, 3.8) is 0 Å². The largest absolute Gasteiger partial charge is 0.376 e. The summed E-state index contributed by atoms with van der Waals surface area (Å²) in [7, 11) is 0. The minimum Gasteiger partial charge on any atom is -0.376 e. The SMILES string of the molecule is Cc1ncn(CC(=O)NC[C@@H]2COCCO2)c1C. The van der Waals surface area contributed by atoms with E-state index >= 15 is 0 Å². The van der Waals surface area contributed by atoms with Crippen molar-refractivity contribution in [1.29, 1.82) is 0 Å². The van der Waals surface area contributed by atoms with Gasteiger partial charge in [0.25, 0.3) is 0 Å². The Balaban J connectivity index is 1.76. The van der Waals surface area contributed by atoms with Crippen molar-refractivity contribution in [1.82, 2.24) is 14.9 Å². The van der Waals surface area contributed by atoms with Crippen molar-refractivity contribution >= 4 is 5.91 Å². The molecule has 18 heavy (non-hydrogen) atoms. The van der Waals surface area contributed by atoms with Crippen LogP contribution in [0.15, 0.2) is 6.33 Å². The normalized spacial score (nSPS) is 19.8. The first kappa shape index (κ1) is 13.0. The van der Waals surface area contributed by atoms with E-state index in [2.05, 4.69) is 10.3 Å². The molecule has 1 aromatic heterocycles. The van der Waals surface area contributed by atoms with E-state index in [0.717, 1.165) is 11.4 Å². The number of hydrogen-bond acceptors (Lipinski definition) is 4. The smallest absolute Gasteiger partial charge is 0.240 e. The second-order valence-corrected chi connectivity index (χ2v) is 4.42. The summed E-state index contributed by atoms with van der Waals surface area (Å²) in [6.07, 6.45) is 1.65. The average molecular weight is 253 g/mol. The van der Waals surface area contributed by atoms with Gasteiger partial charge in [0.15, 0.2) is 0 Å². The molecule has 0 bridgehead atoms. The van der Waals surface area contributed by atoms with Crippen molar-refractivity contribution in [2.75, 3.05) is 26.4 Å². The third-order valence-corrected chi connectivity index (χ3v) is 3.07. The van der Waals surface area contributed by atoms with Crippen LogP contribution in [0.3, 0.4) is 0 Å². The van der Waals surface area contributed by atoms with Gasteiger partial charge in [-0.05, 0) is 13.8 Å². The summed E-state index contributed by atoms with van der Waals surface area (Å²) >= 11 is 0. The zero-order chi connectivity index (χ0) is 13.0. The Kier molecular flexibility index (Phi) is 4.33. The van der Waals surface area contributed by atoms with Gasteiger partial charge >= 0.3 is 0 Å². The molecule has 0 radical (unpaired) electrons. The lowest BCUT2D eigenvalue weighted by molar-refractivity contribution is -0.124. The van der Waals surface area contributed by atoms with Crippen LogP contribution in [-0.4, -0.2) is 47.9 Å². The number of nitrogens with one attached hydrogen (secondary N) is 1. The van der Waals surface area contributed by atoms with Crippen LogP contribution in [0.4, 0.5) is 0 Å². The monoisotopic (exact) mass is 253 g/mol. The predicted octanol–water partition coefficient (Wildman–Crippen LogP) is 0.0315. The number of aryl methyl sites for hydroxylation is 1. The Morgan fingerprint density at radius 3 is 3.00 bits per heavy atom. The molecule has 1 N–H and O–H groups in total. The number of nitrogens with zero attached hydrogens (tertiary/aromatic N) is 2. The molecule has 1 aliphatic rings. The van der Waals surface area contributed by atoms with Crippen LogP contribution < -0.4 is 5.32 Å². The van der Waals surface area contributed by atoms with Gasteiger partial charge in [-0.3, -0.25) is 4.79 Å². The van der Waals surface area contributed by atoms with E-state index in [1.165, 1.54) is 0 Å². The van der Waals surface area contributed by atoms with Crippen molar-refractivity contribution in [3.8, 4) is 0 Å². The van der Waals surface area contributed by atoms with Crippen molar-refractivity contribution in [2.45, 2.75) is 26.5 Å². The fraction of sp³-hybridized carbons (Fsp3) is 0.667. The van der Waals surface area contributed by atoms with E-state index in [0.29, 0.717) is 32.9 Å². The van der Waals surface area contributed by atoms with Crippen LogP contribution in [0.1, 0.15) is 11.4 Å². The van der Waals surface area contributed by atoms with Gasteiger partial charge in [0.2, 0.25) is 5.91 Å². The van der Waals surface area contributed by atoms with Gasteiger partial charge in [0.1, 0.15) is 6.54 Å². The highest BCUT2D eigenvalue weighted by molar-refractivity contribution is 5.75. The van der Waals surface area contributed by atoms with Crippen LogP contribution >= 0.6 is 0 Å². The summed E-state index contributed by atoms with van der Waals surface area (Å²) in [6.45, 7) is 6.44. The van der Waals surface area contributed by atoms with Gasteiger partial charge in [0, 0.05) is 12.2 Å². The minimum absolute atomic E-state index is 0.0340. The summed E-state index contributed by atoms with van der Waals surface area (Å²) in [4.78, 5) is 15.9. The average Bonchev–Trinajstić information content (AvgIpc) is 2.70. The van der Waals surface area contributed by atoms with Gasteiger partial charge in [-0.15, -0.1) is 0 Å². The maximum Gasteiger partial charge on any atom is 0.240 e. The molecule has 6 heteroatoms. The van der Waals surface area contributed by atoms with E-state index in [9.17, 15) is 4.79 Å². The number of ether oxygens (including phenoxy) is 2. The van der Waals surface area contributed by atoms with Crippen LogP contribution in [0.5, 0.6) is 0 Å². The Bertz CT molecular complexity index is 411. The summed E-state index contributed by atoms with van der Waals surface area (Å²) in [5, 5.41) is 2.84. The molecule has 2 rings (SSSR count). The summed E-state index contributed by atoms with van der Waals surface area (Å²) < 4.78 is 12.5. The predicted molar refractivity (Wildman–Crippen MR) is 65.3 cm³/mol. The number of amides is 1. The fourth-order valence-electron chi connectivity index (χ4n) is 1.80. The number of rotatable bonds is 4. The Hall–Kier alpha value is -1.40. The lowest BCUT2D eigenvalue weighted by Gasteiger charge is -2.23. The maximum absolute atomic E-state index is 11.8. The molecule has 1 atom stereocenters. The molecule has 0 spiro atoms. The number of carbonyl (C=O) groups excluding carboxylic acids is 1. The highest BCUT2D eigenvalue weighted by Gasteiger charge is 2.15. The molecule has 1 saturated heterocycles. The molecule has 0 aromatic carbocycles. The lowest BCUT2D eigenvalue weighted by Crippen LogP contribution is -2.40. The second kappa shape index (κ2) is 5.97. The van der Waals surface area contributed by atoms with Crippen LogP contribution in [0, 0.1) is 13.8 Å². The lowest BCUT2D eigenvalue weighted by atomic mass is 10.3. The van der Waals surface area contributed by atoms with E-state index in [1.807, 2.05) is 18.4 Å². The van der Waals surface area contributed by atoms with E-state index in [4.69, 9.17) is 9.47 Å². The molecule has 1 aliphatic heterocycles. The molecule has 100 valence electrons. The van der Waals surface area contributed by atoms with E-state index < -0.39 is 0 Å². The third kappa shape index (κ3) is 3.30. The summed E-state index contributed by atoms with van der Waals surface area (Å²) in [6, 6.07) is 0. The van der Waals surface area contributed by atoms with E-state index in [1.54, 1.807) is 6.33 Å². The summed E-state index contributed by atoms with van der Waals surface area (Å²) in [5.41, 5.74) is 1.97. The van der Waals surface area contributed by atoms with Crippen molar-refractivity contribution in [2.24, 2.45) is 0 Å². The first-order valence-electron chi connectivity index (χ1n) is 6.11. The molecule has 1 amide bonds. The van der Waals surface area contributed by atoms with Gasteiger partial charge in [-0.2, -0.15) is 0 Å². The van der Waals surface area contributed by atoms with Gasteiger partial charge in [0.05, 0.1) is 37.9 Å². The Labute approximate surface area is 106 Å². The van der Waals surface area contributed by atoms with Crippen LogP contribution in [0.2, 0.25) is 0 Å². The third-order valence-electron chi connectivity index (χ3n) is 3.07. The molecule has 1 aromatic rings. The van der Waals surface area contributed by atoms with Crippen molar-refractivity contribution in [3.05, 3.63) is 17.7 Å². The maximum atomic E-state index is 11.8. The van der Waals surface area contributed by atoms with Gasteiger partial charge in [-0.1, -0.05) is 0 Å². The molecule has 0 aliphatic carbocycles. The number of imidazole rings is 1. The topological polar surface area (TPSA) is 65.4 Å². The molecule has 0 unspecified atom stereocenters. The van der Waals surface area contributed by atoms with Crippen LogP contribution in [0.25, 0.3) is 0 Å². The molecule has 0 saturated carbocycles. The molecule has 6 nitrogen and oxygen atoms in total. The first-order valence-corrected chi connectivity index (χ1v) is 6.11. The van der Waals surface area contributed by atoms with Crippen LogP contribution in [-0.2, 0) is 20.8 Å². The highest BCUT2D eigenvalue weighted by atomic mass is 16.6. The standard InChI is InChI=1S/C12H19N3O3/c1-9-10(2)15(8-14-9)6-12(16)13-5-11-7-17-3-4-18-11/h8,11H,3-7H2,1-2H3,(H,13,16)/t11-/m1/s1. The Morgan fingerprint density at radius 2 is 2.39 bits per heavy atom. The first-order chi connectivity index (χ1) is 8.66. The number of aromatic nitrogens is 2. The molecular weight excluding hydrogens is 234 g/mol. The summed E-state index contributed by atoms with van der Waals surface area (Å²) in [5.74, 6) is -0.0373. The minimum atomic E-state index is -0.0373. The zero-order valence-electron chi connectivity index (χ0n) is 10.8. The quantitative estimate of drug-likeness (QED) is 0.822. The van der Waals surface area contributed by atoms with E-state index in [-0.39, 0.29) is 12.0 Å². The van der Waals surface area contributed by atoms with Gasteiger partial charge < -0.3 is 19.4 Å². The molecule has 2 heterocycles.